The molecule has 1 aromatic rings. The predicted octanol–water partition coefficient (Wildman–Crippen LogP) is 2.57. The summed E-state index contributed by atoms with van der Waals surface area (Å²) in [7, 11) is 0. The van der Waals surface area contributed by atoms with Crippen molar-refractivity contribution >= 4 is 5.78 Å². The lowest BCUT2D eigenvalue weighted by atomic mass is 9.95. The molecule has 1 unspecified atom stereocenters. The fourth-order valence-corrected chi connectivity index (χ4v) is 2.93. The van der Waals surface area contributed by atoms with Crippen molar-refractivity contribution in [3.05, 3.63) is 28.8 Å². The van der Waals surface area contributed by atoms with Crippen LogP contribution in [0.4, 0.5) is 0 Å². The molecule has 1 saturated heterocycles. The first-order valence-corrected chi connectivity index (χ1v) is 8.28. The molecule has 0 amide bonds. The number of rotatable bonds is 6. The van der Waals surface area contributed by atoms with Gasteiger partial charge in [0.15, 0.2) is 5.78 Å². The summed E-state index contributed by atoms with van der Waals surface area (Å²) < 4.78 is 5.90. The quantitative estimate of drug-likeness (QED) is 0.820. The van der Waals surface area contributed by atoms with Crippen LogP contribution in [-0.4, -0.2) is 49.5 Å². The van der Waals surface area contributed by atoms with Crippen LogP contribution in [0.15, 0.2) is 12.1 Å². The first kappa shape index (κ1) is 17.0. The Balaban J connectivity index is 2.29. The highest BCUT2D eigenvalue weighted by molar-refractivity contribution is 6.03. The third-order valence-electron chi connectivity index (χ3n) is 4.34. The van der Waals surface area contributed by atoms with Crippen molar-refractivity contribution in [2.24, 2.45) is 0 Å². The molecular formula is C18H28N2O2. The SMILES string of the molecule is CCCOc1c(C)ccc(C)c1C(=O)C(C)N1CCNCC1. The maximum absolute atomic E-state index is 13.1. The molecule has 1 aliphatic heterocycles. The number of hydrogen-bond donors (Lipinski definition) is 1. The summed E-state index contributed by atoms with van der Waals surface area (Å²) >= 11 is 0. The molecule has 4 heteroatoms. The minimum Gasteiger partial charge on any atom is -0.493 e. The van der Waals surface area contributed by atoms with Crippen LogP contribution in [0, 0.1) is 13.8 Å². The highest BCUT2D eigenvalue weighted by Crippen LogP contribution is 2.29. The predicted molar refractivity (Wildman–Crippen MR) is 89.9 cm³/mol. The number of piperazine rings is 1. The molecule has 122 valence electrons. The van der Waals surface area contributed by atoms with Crippen LogP contribution in [0.5, 0.6) is 5.75 Å². The molecule has 0 spiro atoms. The summed E-state index contributed by atoms with van der Waals surface area (Å²) in [5, 5.41) is 3.33. The molecule has 0 radical (unpaired) electrons. The standard InChI is InChI=1S/C18H28N2O2/c1-5-12-22-18-14(3)7-6-13(2)16(18)17(21)15(4)20-10-8-19-9-11-20/h6-7,15,19H,5,8-12H2,1-4H3. The molecule has 1 atom stereocenters. The second-order valence-electron chi connectivity index (χ2n) is 6.08. The van der Waals surface area contributed by atoms with E-state index in [1.54, 1.807) is 0 Å². The summed E-state index contributed by atoms with van der Waals surface area (Å²) in [6.45, 7) is 12.5. The molecule has 1 aliphatic rings. The van der Waals surface area contributed by atoms with Crippen LogP contribution in [-0.2, 0) is 0 Å². The number of ether oxygens (including phenoxy) is 1. The smallest absolute Gasteiger partial charge is 0.183 e. The Hall–Kier alpha value is -1.39. The number of ketones is 1. The lowest BCUT2D eigenvalue weighted by Crippen LogP contribution is -2.50. The van der Waals surface area contributed by atoms with Crippen LogP contribution in [0.3, 0.4) is 0 Å². The van der Waals surface area contributed by atoms with Gasteiger partial charge >= 0.3 is 0 Å². The van der Waals surface area contributed by atoms with Gasteiger partial charge in [-0.05, 0) is 38.3 Å². The summed E-state index contributed by atoms with van der Waals surface area (Å²) in [5.74, 6) is 0.947. The monoisotopic (exact) mass is 304 g/mol. The molecule has 22 heavy (non-hydrogen) atoms. The minimum absolute atomic E-state index is 0.105. The largest absolute Gasteiger partial charge is 0.493 e. The zero-order chi connectivity index (χ0) is 16.1. The Morgan fingerprint density at radius 1 is 1.27 bits per heavy atom. The van der Waals surface area contributed by atoms with Gasteiger partial charge in [-0.15, -0.1) is 0 Å². The van der Waals surface area contributed by atoms with E-state index in [1.165, 1.54) is 0 Å². The Kier molecular flexibility index (Phi) is 5.98. The number of nitrogens with one attached hydrogen (secondary N) is 1. The average molecular weight is 304 g/mol. The van der Waals surface area contributed by atoms with Crippen LogP contribution in [0.1, 0.15) is 41.8 Å². The minimum atomic E-state index is -0.105. The van der Waals surface area contributed by atoms with Gasteiger partial charge in [0.05, 0.1) is 18.2 Å². The van der Waals surface area contributed by atoms with E-state index < -0.39 is 0 Å². The summed E-state index contributed by atoms with van der Waals surface area (Å²) in [6, 6.07) is 3.95. The van der Waals surface area contributed by atoms with Crippen molar-refractivity contribution in [3.8, 4) is 5.75 Å². The number of carbonyl (C=O) groups excluding carboxylic acids is 1. The summed E-state index contributed by atoms with van der Waals surface area (Å²) in [6.07, 6.45) is 0.939. The molecule has 4 nitrogen and oxygen atoms in total. The molecule has 0 aromatic heterocycles. The fourth-order valence-electron chi connectivity index (χ4n) is 2.93. The maximum atomic E-state index is 13.1. The van der Waals surface area contributed by atoms with E-state index in [1.807, 2.05) is 32.9 Å². The first-order chi connectivity index (χ1) is 10.6. The van der Waals surface area contributed by atoms with Crippen LogP contribution < -0.4 is 10.1 Å². The third-order valence-corrected chi connectivity index (χ3v) is 4.34. The molecular weight excluding hydrogens is 276 g/mol. The van der Waals surface area contributed by atoms with Gasteiger partial charge in [-0.1, -0.05) is 19.1 Å². The number of aryl methyl sites for hydroxylation is 2. The Morgan fingerprint density at radius 3 is 2.55 bits per heavy atom. The molecule has 2 rings (SSSR count). The molecule has 1 aromatic carbocycles. The zero-order valence-corrected chi connectivity index (χ0v) is 14.2. The van der Waals surface area contributed by atoms with Crippen molar-refractivity contribution in [2.45, 2.75) is 40.2 Å². The van der Waals surface area contributed by atoms with E-state index in [0.29, 0.717) is 6.61 Å². The number of hydrogen-bond acceptors (Lipinski definition) is 4. The summed E-state index contributed by atoms with van der Waals surface area (Å²) in [4.78, 5) is 15.3. The lowest BCUT2D eigenvalue weighted by molar-refractivity contribution is 0.0815. The third kappa shape index (κ3) is 3.68. The average Bonchev–Trinajstić information content (AvgIpc) is 2.55. The van der Waals surface area contributed by atoms with E-state index in [-0.39, 0.29) is 11.8 Å². The van der Waals surface area contributed by atoms with E-state index in [2.05, 4.69) is 17.1 Å². The highest BCUT2D eigenvalue weighted by atomic mass is 16.5. The van der Waals surface area contributed by atoms with Gasteiger partial charge in [0, 0.05) is 26.2 Å². The fraction of sp³-hybridized carbons (Fsp3) is 0.611. The Morgan fingerprint density at radius 2 is 1.91 bits per heavy atom. The molecule has 1 fully saturated rings. The first-order valence-electron chi connectivity index (χ1n) is 8.28. The van der Waals surface area contributed by atoms with E-state index in [0.717, 1.165) is 55.0 Å². The van der Waals surface area contributed by atoms with Gasteiger partial charge in [-0.2, -0.15) is 0 Å². The second kappa shape index (κ2) is 7.75. The van der Waals surface area contributed by atoms with Gasteiger partial charge in [0.25, 0.3) is 0 Å². The zero-order valence-electron chi connectivity index (χ0n) is 14.2. The normalized spacial score (nSPS) is 17.3. The molecule has 0 aliphatic carbocycles. The van der Waals surface area contributed by atoms with Gasteiger partial charge in [0.2, 0.25) is 0 Å². The molecule has 1 heterocycles. The Bertz CT molecular complexity index is 522. The van der Waals surface area contributed by atoms with Crippen molar-refractivity contribution in [3.63, 3.8) is 0 Å². The number of Topliss-reactive ketones (excluding diaryl/α,β-unsaturated/α-hetero) is 1. The van der Waals surface area contributed by atoms with Gasteiger partial charge < -0.3 is 10.1 Å². The van der Waals surface area contributed by atoms with Gasteiger partial charge in [-0.3, -0.25) is 9.69 Å². The van der Waals surface area contributed by atoms with Gasteiger partial charge in [0.1, 0.15) is 5.75 Å². The van der Waals surface area contributed by atoms with E-state index >= 15 is 0 Å². The number of benzene rings is 1. The van der Waals surface area contributed by atoms with Crippen molar-refractivity contribution in [2.75, 3.05) is 32.8 Å². The number of nitrogens with zero attached hydrogens (tertiary/aromatic N) is 1. The molecule has 0 saturated carbocycles. The van der Waals surface area contributed by atoms with Gasteiger partial charge in [-0.25, -0.2) is 0 Å². The maximum Gasteiger partial charge on any atom is 0.183 e. The summed E-state index contributed by atoms with van der Waals surface area (Å²) in [5.41, 5.74) is 2.80. The van der Waals surface area contributed by atoms with Crippen molar-refractivity contribution in [1.82, 2.24) is 10.2 Å². The highest BCUT2D eigenvalue weighted by Gasteiger charge is 2.27. The van der Waals surface area contributed by atoms with Crippen molar-refractivity contribution < 1.29 is 9.53 Å². The van der Waals surface area contributed by atoms with Crippen LogP contribution in [0.2, 0.25) is 0 Å². The van der Waals surface area contributed by atoms with Crippen molar-refractivity contribution in [1.29, 1.82) is 0 Å². The Labute approximate surface area is 133 Å². The second-order valence-corrected chi connectivity index (χ2v) is 6.08. The van der Waals surface area contributed by atoms with E-state index in [4.69, 9.17) is 4.74 Å². The number of carbonyl (C=O) groups is 1. The van der Waals surface area contributed by atoms with Crippen LogP contribution in [0.25, 0.3) is 0 Å². The van der Waals surface area contributed by atoms with E-state index in [9.17, 15) is 4.79 Å². The van der Waals surface area contributed by atoms with Crippen LogP contribution >= 0.6 is 0 Å². The molecule has 0 bridgehead atoms. The topological polar surface area (TPSA) is 41.6 Å². The molecule has 1 N–H and O–H groups in total. The lowest BCUT2D eigenvalue weighted by Gasteiger charge is -2.32.